The molecule has 0 aliphatic heterocycles. The van der Waals surface area contributed by atoms with E-state index in [9.17, 15) is 4.79 Å². The molecule has 0 saturated heterocycles. The minimum Gasteiger partial charge on any atom is -0.303 e. The predicted octanol–water partition coefficient (Wildman–Crippen LogP) is 1.67. The van der Waals surface area contributed by atoms with Gasteiger partial charge < -0.3 is 4.79 Å². The van der Waals surface area contributed by atoms with E-state index in [0.717, 1.165) is 31.4 Å². The van der Waals surface area contributed by atoms with Gasteiger partial charge in [0.2, 0.25) is 0 Å². The second-order valence-electron chi connectivity index (χ2n) is 3.36. The average molecular weight is 180 g/mol. The highest BCUT2D eigenvalue weighted by molar-refractivity contribution is 5.53. The summed E-state index contributed by atoms with van der Waals surface area (Å²) in [4.78, 5) is 10.5. The zero-order chi connectivity index (χ0) is 9.68. The topological polar surface area (TPSA) is 34.9 Å². The van der Waals surface area contributed by atoms with E-state index in [1.807, 2.05) is 17.7 Å². The number of hydrogen-bond acceptors (Lipinski definition) is 2. The first-order valence-electron chi connectivity index (χ1n) is 4.74. The lowest BCUT2D eigenvalue weighted by Crippen LogP contribution is -2.09. The number of carbonyl (C=O) groups excluding carboxylic acids is 1. The maximum Gasteiger partial charge on any atom is 0.123 e. The molecule has 0 aliphatic carbocycles. The van der Waals surface area contributed by atoms with E-state index < -0.39 is 0 Å². The monoisotopic (exact) mass is 180 g/mol. The zero-order valence-corrected chi connectivity index (χ0v) is 8.23. The Bertz CT molecular complexity index is 268. The molecular weight excluding hydrogens is 164 g/mol. The van der Waals surface area contributed by atoms with Crippen molar-refractivity contribution in [2.75, 3.05) is 0 Å². The molecule has 0 amide bonds. The summed E-state index contributed by atoms with van der Waals surface area (Å²) in [6, 6.07) is 1.98. The molecule has 1 rings (SSSR count). The van der Waals surface area contributed by atoms with Gasteiger partial charge in [-0.25, -0.2) is 0 Å². The highest BCUT2D eigenvalue weighted by Crippen LogP contribution is 2.06. The summed E-state index contributed by atoms with van der Waals surface area (Å²) in [5.74, 6) is 0.0901. The van der Waals surface area contributed by atoms with Crippen LogP contribution in [0, 0.1) is 5.92 Å². The molecule has 13 heavy (non-hydrogen) atoms. The molecule has 3 heteroatoms. The fraction of sp³-hybridized carbons (Fsp3) is 0.600. The van der Waals surface area contributed by atoms with Crippen LogP contribution in [0.5, 0.6) is 0 Å². The molecule has 0 bridgehead atoms. The van der Waals surface area contributed by atoms with Gasteiger partial charge in [0.25, 0.3) is 0 Å². The van der Waals surface area contributed by atoms with Gasteiger partial charge in [0.15, 0.2) is 0 Å². The Hall–Kier alpha value is -1.12. The molecule has 0 aliphatic rings. The summed E-state index contributed by atoms with van der Waals surface area (Å²) in [7, 11) is 0. The molecule has 1 aromatic rings. The van der Waals surface area contributed by atoms with Gasteiger partial charge in [-0.05, 0) is 18.9 Å². The third-order valence-electron chi connectivity index (χ3n) is 2.00. The van der Waals surface area contributed by atoms with Crippen molar-refractivity contribution in [2.24, 2.45) is 5.92 Å². The van der Waals surface area contributed by atoms with Crippen molar-refractivity contribution in [3.8, 4) is 0 Å². The smallest absolute Gasteiger partial charge is 0.123 e. The van der Waals surface area contributed by atoms with Crippen LogP contribution in [0.1, 0.15) is 26.0 Å². The summed E-state index contributed by atoms with van der Waals surface area (Å²) >= 11 is 0. The van der Waals surface area contributed by atoms with Crippen molar-refractivity contribution in [1.29, 1.82) is 0 Å². The second-order valence-corrected chi connectivity index (χ2v) is 3.36. The third-order valence-corrected chi connectivity index (χ3v) is 2.00. The van der Waals surface area contributed by atoms with E-state index in [1.165, 1.54) is 0 Å². The largest absolute Gasteiger partial charge is 0.303 e. The number of carbonyl (C=O) groups is 1. The Labute approximate surface area is 78.8 Å². The number of hydrogen-bond donors (Lipinski definition) is 0. The highest BCUT2D eigenvalue weighted by Gasteiger charge is 2.06. The average Bonchev–Trinajstić information content (AvgIpc) is 2.54. The molecule has 1 unspecified atom stereocenters. The quantitative estimate of drug-likeness (QED) is 0.646. The van der Waals surface area contributed by atoms with Crippen LogP contribution in [-0.4, -0.2) is 16.1 Å². The molecule has 1 atom stereocenters. The Kier molecular flexibility index (Phi) is 3.68. The van der Waals surface area contributed by atoms with Gasteiger partial charge in [-0.3, -0.25) is 4.68 Å². The van der Waals surface area contributed by atoms with E-state index in [0.29, 0.717) is 0 Å². The van der Waals surface area contributed by atoms with E-state index in [2.05, 4.69) is 12.0 Å². The SMILES string of the molecule is CCCn1nccc1CC(C)C=O. The highest BCUT2D eigenvalue weighted by atomic mass is 16.1. The van der Waals surface area contributed by atoms with Gasteiger partial charge in [0.1, 0.15) is 6.29 Å². The number of aryl methyl sites for hydroxylation is 1. The lowest BCUT2D eigenvalue weighted by atomic mass is 10.1. The fourth-order valence-electron chi connectivity index (χ4n) is 1.32. The van der Waals surface area contributed by atoms with Crippen LogP contribution in [0.15, 0.2) is 12.3 Å². The van der Waals surface area contributed by atoms with Gasteiger partial charge in [-0.15, -0.1) is 0 Å². The van der Waals surface area contributed by atoms with Crippen LogP contribution in [0.2, 0.25) is 0 Å². The maximum atomic E-state index is 10.5. The van der Waals surface area contributed by atoms with Crippen molar-refractivity contribution in [2.45, 2.75) is 33.2 Å². The van der Waals surface area contributed by atoms with E-state index >= 15 is 0 Å². The molecule has 0 aromatic carbocycles. The van der Waals surface area contributed by atoms with Crippen LogP contribution in [0.4, 0.5) is 0 Å². The molecule has 1 heterocycles. The normalized spacial score (nSPS) is 12.8. The first-order chi connectivity index (χ1) is 6.27. The molecule has 0 radical (unpaired) electrons. The van der Waals surface area contributed by atoms with Gasteiger partial charge in [0.05, 0.1) is 0 Å². The van der Waals surface area contributed by atoms with E-state index in [-0.39, 0.29) is 5.92 Å². The number of aldehydes is 1. The number of aromatic nitrogens is 2. The van der Waals surface area contributed by atoms with E-state index in [1.54, 1.807) is 6.20 Å². The molecule has 72 valence electrons. The van der Waals surface area contributed by atoms with Crippen molar-refractivity contribution >= 4 is 6.29 Å². The predicted molar refractivity (Wildman–Crippen MR) is 51.5 cm³/mol. The fourth-order valence-corrected chi connectivity index (χ4v) is 1.32. The van der Waals surface area contributed by atoms with Crippen LogP contribution < -0.4 is 0 Å². The summed E-state index contributed by atoms with van der Waals surface area (Å²) in [6.07, 6.45) is 4.65. The molecule has 0 spiro atoms. The van der Waals surface area contributed by atoms with Crippen LogP contribution >= 0.6 is 0 Å². The summed E-state index contributed by atoms with van der Waals surface area (Å²) in [5, 5.41) is 4.19. The van der Waals surface area contributed by atoms with Crippen molar-refractivity contribution in [3.63, 3.8) is 0 Å². The minimum atomic E-state index is 0.0901. The third kappa shape index (κ3) is 2.68. The Balaban J connectivity index is 2.64. The van der Waals surface area contributed by atoms with Gasteiger partial charge >= 0.3 is 0 Å². The second kappa shape index (κ2) is 4.80. The lowest BCUT2D eigenvalue weighted by molar-refractivity contribution is -0.110. The summed E-state index contributed by atoms with van der Waals surface area (Å²) < 4.78 is 1.97. The molecule has 0 saturated carbocycles. The van der Waals surface area contributed by atoms with Gasteiger partial charge in [-0.2, -0.15) is 5.10 Å². The van der Waals surface area contributed by atoms with Crippen LogP contribution in [0.25, 0.3) is 0 Å². The van der Waals surface area contributed by atoms with Crippen molar-refractivity contribution < 1.29 is 4.79 Å². The van der Waals surface area contributed by atoms with Gasteiger partial charge in [0, 0.05) is 24.4 Å². The Morgan fingerprint density at radius 3 is 3.08 bits per heavy atom. The van der Waals surface area contributed by atoms with Crippen molar-refractivity contribution in [1.82, 2.24) is 9.78 Å². The molecule has 1 aromatic heterocycles. The number of nitrogens with zero attached hydrogens (tertiary/aromatic N) is 2. The summed E-state index contributed by atoms with van der Waals surface area (Å²) in [6.45, 7) is 4.98. The molecule has 3 nitrogen and oxygen atoms in total. The molecular formula is C10H16N2O. The lowest BCUT2D eigenvalue weighted by Gasteiger charge is -2.06. The van der Waals surface area contributed by atoms with Crippen LogP contribution in [0.3, 0.4) is 0 Å². The Morgan fingerprint density at radius 2 is 2.46 bits per heavy atom. The van der Waals surface area contributed by atoms with Crippen LogP contribution in [-0.2, 0) is 17.8 Å². The van der Waals surface area contributed by atoms with Crippen molar-refractivity contribution in [3.05, 3.63) is 18.0 Å². The number of rotatable bonds is 5. The molecule has 0 fully saturated rings. The molecule has 0 N–H and O–H groups in total. The Morgan fingerprint density at radius 1 is 1.69 bits per heavy atom. The first-order valence-corrected chi connectivity index (χ1v) is 4.74. The standard InChI is InChI=1S/C10H16N2O/c1-3-6-12-10(4-5-11-12)7-9(2)8-13/h4-5,8-9H,3,6-7H2,1-2H3. The summed E-state index contributed by atoms with van der Waals surface area (Å²) in [5.41, 5.74) is 1.15. The maximum absolute atomic E-state index is 10.5. The van der Waals surface area contributed by atoms with E-state index in [4.69, 9.17) is 0 Å². The zero-order valence-electron chi connectivity index (χ0n) is 8.23. The minimum absolute atomic E-state index is 0.0901. The van der Waals surface area contributed by atoms with Gasteiger partial charge in [-0.1, -0.05) is 13.8 Å². The first kappa shape index (κ1) is 9.96.